The summed E-state index contributed by atoms with van der Waals surface area (Å²) in [5, 5.41) is 10.9. The van der Waals surface area contributed by atoms with Crippen molar-refractivity contribution in [3.63, 3.8) is 0 Å². The zero-order valence-electron chi connectivity index (χ0n) is 14.9. The predicted molar refractivity (Wildman–Crippen MR) is 99.1 cm³/mol. The lowest BCUT2D eigenvalue weighted by atomic mass is 10.1. The van der Waals surface area contributed by atoms with Crippen LogP contribution >= 0.6 is 0 Å². The third kappa shape index (κ3) is 3.20. The summed E-state index contributed by atoms with van der Waals surface area (Å²) in [6, 6.07) is 10.3. The Labute approximate surface area is 159 Å². The summed E-state index contributed by atoms with van der Waals surface area (Å²) in [5.74, 6) is -1.63. The second-order valence-corrected chi connectivity index (χ2v) is 6.89. The molecule has 144 valence electrons. The Bertz CT molecular complexity index is 955. The molecule has 2 heterocycles. The van der Waals surface area contributed by atoms with Crippen LogP contribution in [-0.2, 0) is 4.79 Å². The van der Waals surface area contributed by atoms with E-state index in [1.165, 1.54) is 29.2 Å². The number of fused-ring (bicyclic) bond motifs is 1. The Balaban J connectivity index is 1.44. The summed E-state index contributed by atoms with van der Waals surface area (Å²) in [6.45, 7) is 3.30. The molecule has 2 aliphatic heterocycles. The van der Waals surface area contributed by atoms with Gasteiger partial charge < -0.3 is 9.80 Å². The minimum atomic E-state index is -0.706. The molecule has 28 heavy (non-hydrogen) atoms. The first-order valence-corrected chi connectivity index (χ1v) is 8.93. The molecule has 1 amide bonds. The first-order chi connectivity index (χ1) is 13.4. The zero-order valence-corrected chi connectivity index (χ0v) is 14.9. The normalized spacial score (nSPS) is 17.2. The lowest BCUT2D eigenvalue weighted by molar-refractivity contribution is -0.899. The molecule has 0 saturated carbocycles. The minimum Gasteiger partial charge on any atom is -0.360 e. The van der Waals surface area contributed by atoms with Gasteiger partial charge in [0.2, 0.25) is 0 Å². The molecule has 0 unspecified atom stereocenters. The average molecular weight is 385 g/mol. The van der Waals surface area contributed by atoms with Crippen LogP contribution in [0.1, 0.15) is 10.4 Å². The molecule has 9 heteroatoms. The van der Waals surface area contributed by atoms with Crippen LogP contribution < -0.4 is 14.7 Å². The molecule has 0 aromatic heterocycles. The number of hydrogen-bond donors (Lipinski definition) is 1. The number of nitro benzene ring substituents is 1. The highest BCUT2D eigenvalue weighted by Gasteiger charge is 2.39. The summed E-state index contributed by atoms with van der Waals surface area (Å²) in [6.07, 6.45) is 0. The van der Waals surface area contributed by atoms with Gasteiger partial charge in [0.15, 0.2) is 6.67 Å². The Morgan fingerprint density at radius 2 is 1.75 bits per heavy atom. The lowest BCUT2D eigenvalue weighted by Crippen LogP contribution is -3.16. The lowest BCUT2D eigenvalue weighted by Gasteiger charge is -2.35. The quantitative estimate of drug-likeness (QED) is 0.474. The number of nitrogens with zero attached hydrogens (tertiary/aromatic N) is 3. The van der Waals surface area contributed by atoms with Crippen LogP contribution in [0.3, 0.4) is 0 Å². The second kappa shape index (κ2) is 7.01. The predicted octanol–water partition coefficient (Wildman–Crippen LogP) is 0.626. The maximum absolute atomic E-state index is 13.1. The van der Waals surface area contributed by atoms with E-state index in [4.69, 9.17) is 0 Å². The van der Waals surface area contributed by atoms with E-state index in [-0.39, 0.29) is 17.1 Å². The van der Waals surface area contributed by atoms with Gasteiger partial charge in [0.05, 0.1) is 42.4 Å². The van der Waals surface area contributed by atoms with Gasteiger partial charge in [0.1, 0.15) is 5.82 Å². The highest BCUT2D eigenvalue weighted by atomic mass is 19.1. The van der Waals surface area contributed by atoms with E-state index in [0.29, 0.717) is 12.4 Å². The molecule has 0 radical (unpaired) electrons. The number of benzene rings is 2. The van der Waals surface area contributed by atoms with E-state index in [1.807, 2.05) is 0 Å². The van der Waals surface area contributed by atoms with Crippen molar-refractivity contribution in [2.75, 3.05) is 42.6 Å². The van der Waals surface area contributed by atoms with E-state index in [2.05, 4.69) is 4.90 Å². The molecule has 1 saturated heterocycles. The third-order valence-electron chi connectivity index (χ3n) is 5.21. The fourth-order valence-corrected chi connectivity index (χ4v) is 3.67. The van der Waals surface area contributed by atoms with Crippen molar-refractivity contribution in [1.29, 1.82) is 0 Å². The monoisotopic (exact) mass is 385 g/mol. The number of amides is 1. The number of piperazine rings is 1. The summed E-state index contributed by atoms with van der Waals surface area (Å²) >= 11 is 0. The van der Waals surface area contributed by atoms with Gasteiger partial charge in [-0.05, 0) is 30.3 Å². The third-order valence-corrected chi connectivity index (χ3v) is 5.21. The smallest absolute Gasteiger partial charge is 0.303 e. The summed E-state index contributed by atoms with van der Waals surface area (Å²) in [7, 11) is 0. The highest BCUT2D eigenvalue weighted by Crippen LogP contribution is 2.31. The Morgan fingerprint density at radius 3 is 2.39 bits per heavy atom. The summed E-state index contributed by atoms with van der Waals surface area (Å²) in [4.78, 5) is 39.6. The molecule has 2 aromatic carbocycles. The van der Waals surface area contributed by atoms with Crippen LogP contribution in [0, 0.1) is 15.9 Å². The van der Waals surface area contributed by atoms with Gasteiger partial charge in [0.25, 0.3) is 11.5 Å². The van der Waals surface area contributed by atoms with Crippen LogP contribution in [0.5, 0.6) is 0 Å². The molecule has 1 fully saturated rings. The molecule has 8 nitrogen and oxygen atoms in total. The largest absolute Gasteiger partial charge is 0.360 e. The maximum Gasteiger partial charge on any atom is 0.303 e. The zero-order chi connectivity index (χ0) is 19.8. The van der Waals surface area contributed by atoms with E-state index < -0.39 is 16.6 Å². The van der Waals surface area contributed by atoms with E-state index in [9.17, 15) is 24.1 Å². The minimum absolute atomic E-state index is 0.0866. The number of ketones is 1. The Kier molecular flexibility index (Phi) is 4.52. The topological polar surface area (TPSA) is 88.2 Å². The molecule has 0 aliphatic carbocycles. The number of rotatable bonds is 4. The van der Waals surface area contributed by atoms with Gasteiger partial charge in [-0.2, -0.15) is 0 Å². The molecule has 0 atom stereocenters. The van der Waals surface area contributed by atoms with Gasteiger partial charge in [-0.1, -0.05) is 0 Å². The fourth-order valence-electron chi connectivity index (χ4n) is 3.67. The van der Waals surface area contributed by atoms with E-state index >= 15 is 0 Å². The van der Waals surface area contributed by atoms with Crippen molar-refractivity contribution in [1.82, 2.24) is 0 Å². The Hall–Kier alpha value is -3.33. The van der Waals surface area contributed by atoms with Gasteiger partial charge in [-0.15, -0.1) is 0 Å². The number of non-ortho nitro benzene ring substituents is 1. The van der Waals surface area contributed by atoms with Crippen LogP contribution in [0.2, 0.25) is 0 Å². The molecular weight excluding hydrogens is 367 g/mol. The number of carbonyl (C=O) groups excluding carboxylic acids is 2. The van der Waals surface area contributed by atoms with Crippen LogP contribution in [0.15, 0.2) is 42.5 Å². The number of nitro groups is 1. The van der Waals surface area contributed by atoms with E-state index in [0.717, 1.165) is 42.8 Å². The highest BCUT2D eigenvalue weighted by molar-refractivity contribution is 6.52. The van der Waals surface area contributed by atoms with Crippen LogP contribution in [0.25, 0.3) is 0 Å². The van der Waals surface area contributed by atoms with Crippen molar-refractivity contribution in [2.24, 2.45) is 0 Å². The average Bonchev–Trinajstić information content (AvgIpc) is 2.94. The second-order valence-electron chi connectivity index (χ2n) is 6.89. The van der Waals surface area contributed by atoms with Crippen LogP contribution in [-0.4, -0.2) is 49.5 Å². The Morgan fingerprint density at radius 1 is 1.07 bits per heavy atom. The fraction of sp³-hybridized carbons (Fsp3) is 0.263. The van der Waals surface area contributed by atoms with Crippen molar-refractivity contribution in [2.45, 2.75) is 0 Å². The first kappa shape index (κ1) is 18.1. The first-order valence-electron chi connectivity index (χ1n) is 8.93. The van der Waals surface area contributed by atoms with Gasteiger partial charge >= 0.3 is 5.91 Å². The standard InChI is InChI=1S/C19H17FN4O4/c20-13-1-3-14(4-2-13)22-9-7-21(8-10-22)12-23-17-6-5-15(24(27)28)11-16(17)18(25)19(23)26/h1-6,11H,7-10,12H2/p+1. The van der Waals surface area contributed by atoms with Gasteiger partial charge in [-0.25, -0.2) is 4.39 Å². The van der Waals surface area contributed by atoms with Crippen LogP contribution in [0.4, 0.5) is 21.5 Å². The molecule has 2 aromatic rings. The number of Topliss-reactive ketones (excluding diaryl/α,β-unsaturated/α-hetero) is 1. The van der Waals surface area contributed by atoms with Gasteiger partial charge in [-0.3, -0.25) is 24.6 Å². The SMILES string of the molecule is O=C1C(=O)N(C[NH+]2CCN(c3ccc(F)cc3)CC2)c2ccc([N+](=O)[O-])cc21. The number of quaternary nitrogens is 1. The molecule has 4 rings (SSSR count). The molecule has 0 spiro atoms. The number of carbonyl (C=O) groups is 2. The summed E-state index contributed by atoms with van der Waals surface area (Å²) in [5.41, 5.74) is 1.25. The number of anilines is 2. The van der Waals surface area contributed by atoms with Crippen molar-refractivity contribution in [3.8, 4) is 0 Å². The van der Waals surface area contributed by atoms with Crippen molar-refractivity contribution < 1.29 is 23.8 Å². The molecular formula is C19H18FN4O4+. The van der Waals surface area contributed by atoms with Crippen molar-refractivity contribution in [3.05, 3.63) is 64.0 Å². The molecule has 1 N–H and O–H groups in total. The van der Waals surface area contributed by atoms with E-state index in [1.54, 1.807) is 12.1 Å². The molecule has 0 bridgehead atoms. The number of nitrogens with one attached hydrogen (secondary N) is 1. The van der Waals surface area contributed by atoms with Crippen molar-refractivity contribution >= 4 is 28.8 Å². The number of halogens is 1. The molecule has 2 aliphatic rings. The van der Waals surface area contributed by atoms with Gasteiger partial charge in [0, 0.05) is 17.8 Å². The summed E-state index contributed by atoms with van der Waals surface area (Å²) < 4.78 is 13.1. The number of hydrogen-bond acceptors (Lipinski definition) is 5. The maximum atomic E-state index is 13.1.